The Bertz CT molecular complexity index is 3340. The lowest BCUT2D eigenvalue weighted by Gasteiger charge is -2.32. The van der Waals surface area contributed by atoms with E-state index >= 15 is 0 Å². The molecule has 26 heteroatoms. The Kier molecular flexibility index (Phi) is 29.5. The predicted molar refractivity (Wildman–Crippen MR) is 356 cm³/mol. The number of benzene rings is 4. The number of rotatable bonds is 20. The monoisotopic (exact) mass is 1340 g/mol. The summed E-state index contributed by atoms with van der Waals surface area (Å²) in [5, 5.41) is 31.7. The third-order valence-corrected chi connectivity index (χ3v) is 18.0. The zero-order valence-electron chi connectivity index (χ0n) is 54.4. The van der Waals surface area contributed by atoms with Gasteiger partial charge in [0.1, 0.15) is 5.78 Å². The number of hydrogen-bond acceptors (Lipinski definition) is 15. The molecule has 25 nitrogen and oxygen atoms in total. The van der Waals surface area contributed by atoms with Crippen molar-refractivity contribution in [3.63, 3.8) is 0 Å². The van der Waals surface area contributed by atoms with Crippen LogP contribution < -0.4 is 36.5 Å². The summed E-state index contributed by atoms with van der Waals surface area (Å²) in [6.45, 7) is -2.52. The Hall–Kier alpha value is -9.33. The van der Waals surface area contributed by atoms with Crippen molar-refractivity contribution in [2.45, 2.75) is 146 Å². The molecule has 0 spiro atoms. The maximum Gasteiger partial charge on any atom is 0.303 e. The highest BCUT2D eigenvalue weighted by atomic mass is 32.2. The summed E-state index contributed by atoms with van der Waals surface area (Å²) in [5.41, 5.74) is 8.86. The molecule has 1 fully saturated rings. The molecule has 1 aliphatic carbocycles. The lowest BCUT2D eigenvalue weighted by atomic mass is 9.86. The van der Waals surface area contributed by atoms with Gasteiger partial charge in [-0.1, -0.05) is 111 Å². The zero-order chi connectivity index (χ0) is 68.9. The Morgan fingerprint density at radius 2 is 1.07 bits per heavy atom. The van der Waals surface area contributed by atoms with Crippen LogP contribution in [0.4, 0.5) is 0 Å². The number of carbonyl (C=O) groups excluding carboxylic acids is 10. The van der Waals surface area contributed by atoms with E-state index in [1.807, 2.05) is 30.3 Å². The Labute approximate surface area is 563 Å². The molecule has 8 rings (SSSR count). The van der Waals surface area contributed by atoms with Crippen LogP contribution in [0.5, 0.6) is 11.5 Å². The number of nitrogens with two attached hydrogens (primary N) is 1. The van der Waals surface area contributed by atoms with Crippen molar-refractivity contribution in [1.82, 2.24) is 40.9 Å². The smallest absolute Gasteiger partial charge is 0.303 e. The average Bonchev–Trinajstić information content (AvgIpc) is 1.58. The number of nitrogens with zero attached hydrogens (tertiary/aromatic N) is 4. The summed E-state index contributed by atoms with van der Waals surface area (Å²) in [5.74, 6) is -6.83. The molecule has 1 saturated carbocycles. The van der Waals surface area contributed by atoms with Crippen LogP contribution in [0.25, 0.3) is 0 Å². The number of hydrogen-bond donors (Lipinski definition) is 7. The van der Waals surface area contributed by atoms with Gasteiger partial charge in [-0.15, -0.1) is 0 Å². The lowest BCUT2D eigenvalue weighted by molar-refractivity contribution is -0.139. The molecule has 9 amide bonds. The van der Waals surface area contributed by atoms with Crippen molar-refractivity contribution >= 4 is 82.6 Å². The van der Waals surface area contributed by atoms with Gasteiger partial charge >= 0.3 is 11.9 Å². The van der Waals surface area contributed by atoms with Crippen LogP contribution in [-0.4, -0.2) is 190 Å². The largest absolute Gasteiger partial charge is 0.481 e. The summed E-state index contributed by atoms with van der Waals surface area (Å²) in [6, 6.07) is 26.0. The summed E-state index contributed by atoms with van der Waals surface area (Å²) < 4.78 is 11.0. The standard InChI is InChI=1S/C70H89N9O16S/c1-47(80)17-27-64(85)77-37-54(24-29-68(89)90)72-62(83)44-79(67(88)36-52-20-26-58-59(35-52)95-46-94-58)38-55(25-30-69(91)92)73-61(82)42-78(65(86)28-21-48-11-5-2-6-12-48)40-57(34-50-15-9-4-10-16-50)75-70(93)53-22-18-51(19-23-53)45-96-32-31-66(87)76(41-60(71)81)39-56(74-63(84)43-77)33-49-13-7-3-8-14-49/h3-4,7-10,13-16,18-20,22-23,26,35,48,54-57H,2,5-6,11-12,17,21,24-25,27-34,36-46H2,1H3,(H2,71,81)(H,72,83)(H,73,82)(H,74,84)(H,75,93)(H,89,90)(H,91,92)/t54-,55-,56-,57-/m0/s1. The quantitative estimate of drug-likeness (QED) is 0.0595. The van der Waals surface area contributed by atoms with E-state index in [4.69, 9.17) is 15.2 Å². The minimum absolute atomic E-state index is 0.0337. The van der Waals surface area contributed by atoms with Crippen molar-refractivity contribution in [1.29, 1.82) is 0 Å². The molecular formula is C70H89N9O16S. The topological polar surface area (TPSA) is 351 Å². The lowest BCUT2D eigenvalue weighted by Crippen LogP contribution is -2.55. The number of fused-ring (bicyclic) bond motifs is 30. The second-order valence-corrected chi connectivity index (χ2v) is 26.0. The minimum atomic E-state index is -1.27. The van der Waals surface area contributed by atoms with E-state index in [0.29, 0.717) is 46.5 Å². The molecule has 0 unspecified atom stereocenters. The number of ether oxygens (including phenoxy) is 2. The molecular weight excluding hydrogens is 1250 g/mol. The van der Waals surface area contributed by atoms with E-state index in [1.165, 1.54) is 28.5 Å². The molecule has 8 N–H and O–H groups in total. The SMILES string of the molecule is CC(=O)CCC(=O)N1CC(=O)N[C@@H](Cc2ccccc2)CN(CC(N)=O)C(=O)CCSCc2ccc(cc2)C(=O)N[C@@H](Cc2ccccc2)CN(C(=O)CCC2CCCCC2)CC(=O)N[C@@H](CCC(=O)O)CN(C(=O)Cc2ccc3c(c2)OCO3)CC(=O)N[C@@H](CCC(=O)O)C1. The van der Waals surface area contributed by atoms with Crippen molar-refractivity contribution in [2.24, 2.45) is 11.7 Å². The van der Waals surface area contributed by atoms with Crippen LogP contribution in [0.3, 0.4) is 0 Å². The van der Waals surface area contributed by atoms with Crippen LogP contribution in [0.1, 0.15) is 129 Å². The maximum atomic E-state index is 14.8. The summed E-state index contributed by atoms with van der Waals surface area (Å²) in [4.78, 5) is 170. The first-order valence-corrected chi connectivity index (χ1v) is 33.9. The van der Waals surface area contributed by atoms with Gasteiger partial charge < -0.3 is 71.1 Å². The molecule has 0 radical (unpaired) electrons. The fourth-order valence-electron chi connectivity index (χ4n) is 12.0. The van der Waals surface area contributed by atoms with Crippen molar-refractivity contribution in [3.8, 4) is 11.5 Å². The van der Waals surface area contributed by atoms with Gasteiger partial charge in [0, 0.05) is 93.9 Å². The van der Waals surface area contributed by atoms with Gasteiger partial charge in [0.25, 0.3) is 5.91 Å². The van der Waals surface area contributed by atoms with E-state index in [-0.39, 0.29) is 89.4 Å². The molecule has 4 aliphatic rings. The molecule has 0 saturated heterocycles. The van der Waals surface area contributed by atoms with Gasteiger partial charge in [0.05, 0.1) is 44.7 Å². The van der Waals surface area contributed by atoms with E-state index in [9.17, 15) is 67.7 Å². The number of primary amides is 1. The van der Waals surface area contributed by atoms with E-state index in [0.717, 1.165) is 58.6 Å². The fourth-order valence-corrected chi connectivity index (χ4v) is 12.9. The Morgan fingerprint density at radius 3 is 1.62 bits per heavy atom. The molecule has 4 aromatic rings. The number of thioether (sulfide) groups is 1. The number of aliphatic carboxylic acids is 2. The first-order valence-electron chi connectivity index (χ1n) is 32.8. The molecule has 2 bridgehead atoms. The van der Waals surface area contributed by atoms with E-state index in [2.05, 4.69) is 21.3 Å². The van der Waals surface area contributed by atoms with Crippen LogP contribution in [0, 0.1) is 5.92 Å². The zero-order valence-corrected chi connectivity index (χ0v) is 55.2. The average molecular weight is 1340 g/mol. The molecule has 4 atom stereocenters. The van der Waals surface area contributed by atoms with Gasteiger partial charge in [0.2, 0.25) is 54.1 Å². The van der Waals surface area contributed by atoms with Gasteiger partial charge in [-0.05, 0) is 91.5 Å². The second-order valence-electron chi connectivity index (χ2n) is 24.9. The number of ketones is 1. The Balaban J connectivity index is 1.26. The fraction of sp³-hybridized carbons (Fsp3) is 0.486. The molecule has 0 aromatic heterocycles. The van der Waals surface area contributed by atoms with Gasteiger partial charge in [-0.25, -0.2) is 0 Å². The summed E-state index contributed by atoms with van der Waals surface area (Å²) >= 11 is 1.43. The number of carboxylic acids is 2. The van der Waals surface area contributed by atoms with Crippen LogP contribution in [-0.2, 0) is 77.8 Å². The maximum absolute atomic E-state index is 14.8. The second kappa shape index (κ2) is 38.3. The number of amides is 9. The first kappa shape index (κ1) is 74.1. The van der Waals surface area contributed by atoms with E-state index < -0.39 is 135 Å². The molecule has 4 aromatic carbocycles. The third kappa shape index (κ3) is 26.1. The van der Waals surface area contributed by atoms with Crippen molar-refractivity contribution < 1.29 is 77.2 Å². The Morgan fingerprint density at radius 1 is 0.552 bits per heavy atom. The van der Waals surface area contributed by atoms with Crippen LogP contribution in [0.2, 0.25) is 0 Å². The molecule has 96 heavy (non-hydrogen) atoms. The molecule has 516 valence electrons. The van der Waals surface area contributed by atoms with Crippen LogP contribution >= 0.6 is 11.8 Å². The normalized spacial score (nSPS) is 19.6. The van der Waals surface area contributed by atoms with Crippen LogP contribution in [0.15, 0.2) is 103 Å². The first-order chi connectivity index (χ1) is 46.1. The molecule has 3 heterocycles. The number of nitrogens with one attached hydrogen (secondary N) is 4. The van der Waals surface area contributed by atoms with Crippen molar-refractivity contribution in [3.05, 3.63) is 131 Å². The van der Waals surface area contributed by atoms with Crippen molar-refractivity contribution in [2.75, 3.05) is 64.9 Å². The highest BCUT2D eigenvalue weighted by Gasteiger charge is 2.32. The third-order valence-electron chi connectivity index (χ3n) is 16.9. The highest BCUT2D eigenvalue weighted by Crippen LogP contribution is 2.33. The highest BCUT2D eigenvalue weighted by molar-refractivity contribution is 7.98. The summed E-state index contributed by atoms with van der Waals surface area (Å²) in [6.07, 6.45) is 3.56. The van der Waals surface area contributed by atoms with Gasteiger partial charge in [0.15, 0.2) is 11.5 Å². The number of carbonyl (C=O) groups is 12. The summed E-state index contributed by atoms with van der Waals surface area (Å²) in [7, 11) is 0. The van der Waals surface area contributed by atoms with E-state index in [1.54, 1.807) is 72.8 Å². The van der Waals surface area contributed by atoms with Gasteiger partial charge in [-0.3, -0.25) is 52.7 Å². The number of carboxylic acid groups (broad SMARTS) is 2. The number of Topliss-reactive ketones (excluding diaryl/α,β-unsaturated/α-hetero) is 1. The minimum Gasteiger partial charge on any atom is -0.481 e. The predicted octanol–water partition coefficient (Wildman–Crippen LogP) is 4.59. The molecule has 3 aliphatic heterocycles. The van der Waals surface area contributed by atoms with Gasteiger partial charge in [-0.2, -0.15) is 11.8 Å².